The van der Waals surface area contributed by atoms with Crippen molar-refractivity contribution in [3.8, 4) is 0 Å². The zero-order chi connectivity index (χ0) is 14.7. The summed E-state index contributed by atoms with van der Waals surface area (Å²) in [6.45, 7) is 7.08. The average molecular weight is 289 g/mol. The first-order chi connectivity index (χ1) is 10.2. The molecule has 2 aliphatic rings. The van der Waals surface area contributed by atoms with E-state index in [0.29, 0.717) is 12.3 Å². The summed E-state index contributed by atoms with van der Waals surface area (Å²) in [6.07, 6.45) is 5.41. The Morgan fingerprint density at radius 1 is 1.38 bits per heavy atom. The molecule has 1 amide bonds. The van der Waals surface area contributed by atoms with Crippen molar-refractivity contribution in [3.05, 3.63) is 24.0 Å². The zero-order valence-electron chi connectivity index (χ0n) is 12.6. The third-order valence-electron chi connectivity index (χ3n) is 4.45. The van der Waals surface area contributed by atoms with E-state index >= 15 is 0 Å². The summed E-state index contributed by atoms with van der Waals surface area (Å²) in [4.78, 5) is 20.8. The van der Waals surface area contributed by atoms with E-state index in [1.54, 1.807) is 0 Å². The van der Waals surface area contributed by atoms with Crippen LogP contribution in [-0.2, 0) is 9.53 Å². The van der Waals surface area contributed by atoms with E-state index in [1.165, 1.54) is 11.3 Å². The Morgan fingerprint density at radius 2 is 2.19 bits per heavy atom. The molecule has 3 heterocycles. The maximum atomic E-state index is 12.3. The van der Waals surface area contributed by atoms with Gasteiger partial charge in [0, 0.05) is 63.9 Å². The number of nitrogens with zero attached hydrogens (tertiary/aromatic N) is 3. The van der Waals surface area contributed by atoms with Gasteiger partial charge < -0.3 is 14.5 Å². The fraction of sp³-hybridized carbons (Fsp3) is 0.625. The number of aryl methyl sites for hydroxylation is 1. The normalized spacial score (nSPS) is 22.6. The van der Waals surface area contributed by atoms with Crippen LogP contribution in [-0.4, -0.2) is 55.2 Å². The lowest BCUT2D eigenvalue weighted by atomic mass is 10.0. The fourth-order valence-electron chi connectivity index (χ4n) is 3.14. The van der Waals surface area contributed by atoms with Gasteiger partial charge in [0.2, 0.25) is 5.91 Å². The molecule has 3 rings (SSSR count). The highest BCUT2D eigenvalue weighted by atomic mass is 16.5. The number of hydrogen-bond acceptors (Lipinski definition) is 4. The van der Waals surface area contributed by atoms with Crippen molar-refractivity contribution >= 4 is 11.6 Å². The van der Waals surface area contributed by atoms with Gasteiger partial charge in [-0.2, -0.15) is 0 Å². The molecular formula is C16H23N3O2. The van der Waals surface area contributed by atoms with Crippen LogP contribution >= 0.6 is 0 Å². The van der Waals surface area contributed by atoms with Crippen molar-refractivity contribution in [2.75, 3.05) is 44.3 Å². The first kappa shape index (κ1) is 14.3. The van der Waals surface area contributed by atoms with Crippen LogP contribution in [0.25, 0.3) is 0 Å². The maximum Gasteiger partial charge on any atom is 0.223 e. The zero-order valence-corrected chi connectivity index (χ0v) is 12.6. The number of aromatic nitrogens is 1. The second-order valence-electron chi connectivity index (χ2n) is 5.96. The van der Waals surface area contributed by atoms with Crippen molar-refractivity contribution in [1.29, 1.82) is 0 Å². The average Bonchev–Trinajstić information content (AvgIpc) is 3.01. The Kier molecular flexibility index (Phi) is 4.39. The smallest absolute Gasteiger partial charge is 0.223 e. The van der Waals surface area contributed by atoms with E-state index < -0.39 is 0 Å². The molecule has 1 atom stereocenters. The number of anilines is 1. The summed E-state index contributed by atoms with van der Waals surface area (Å²) >= 11 is 0. The molecule has 2 fully saturated rings. The standard InChI is InChI=1S/C16H23N3O2/c1-13-11-17-4-2-15(13)18-5-7-19(8-6-18)16(20)10-14-3-9-21-12-14/h2,4,11,14H,3,5-10,12H2,1H3/t14-/m1/s1. The second kappa shape index (κ2) is 6.43. The molecule has 0 radical (unpaired) electrons. The molecule has 0 saturated carbocycles. The minimum atomic E-state index is 0.289. The Morgan fingerprint density at radius 3 is 2.86 bits per heavy atom. The molecule has 0 N–H and O–H groups in total. The fourth-order valence-corrected chi connectivity index (χ4v) is 3.14. The quantitative estimate of drug-likeness (QED) is 0.845. The number of piperazine rings is 1. The first-order valence-corrected chi connectivity index (χ1v) is 7.75. The Balaban J connectivity index is 1.52. The topological polar surface area (TPSA) is 45.7 Å². The Hall–Kier alpha value is -1.62. The lowest BCUT2D eigenvalue weighted by molar-refractivity contribution is -0.132. The molecule has 2 saturated heterocycles. The van der Waals surface area contributed by atoms with Gasteiger partial charge in [0.05, 0.1) is 0 Å². The van der Waals surface area contributed by atoms with Gasteiger partial charge in [0.15, 0.2) is 0 Å². The molecule has 2 aliphatic heterocycles. The minimum Gasteiger partial charge on any atom is -0.381 e. The number of carbonyl (C=O) groups is 1. The highest BCUT2D eigenvalue weighted by molar-refractivity contribution is 5.77. The van der Waals surface area contributed by atoms with Crippen molar-refractivity contribution in [1.82, 2.24) is 9.88 Å². The molecule has 5 nitrogen and oxygen atoms in total. The van der Waals surface area contributed by atoms with E-state index in [0.717, 1.165) is 45.8 Å². The lowest BCUT2D eigenvalue weighted by Gasteiger charge is -2.37. The third-order valence-corrected chi connectivity index (χ3v) is 4.45. The highest BCUT2D eigenvalue weighted by Crippen LogP contribution is 2.21. The third kappa shape index (κ3) is 3.35. The minimum absolute atomic E-state index is 0.289. The largest absolute Gasteiger partial charge is 0.381 e. The molecule has 0 unspecified atom stereocenters. The molecule has 1 aromatic rings. The van der Waals surface area contributed by atoms with Crippen LogP contribution in [0.4, 0.5) is 5.69 Å². The van der Waals surface area contributed by atoms with Gasteiger partial charge in [-0.3, -0.25) is 9.78 Å². The SMILES string of the molecule is Cc1cnccc1N1CCN(C(=O)C[C@H]2CCOC2)CC1. The van der Waals surface area contributed by atoms with E-state index in [-0.39, 0.29) is 5.91 Å². The number of amides is 1. The van der Waals surface area contributed by atoms with E-state index in [9.17, 15) is 4.79 Å². The molecule has 0 aromatic carbocycles. The molecule has 5 heteroatoms. The van der Waals surface area contributed by atoms with Crippen molar-refractivity contribution < 1.29 is 9.53 Å². The summed E-state index contributed by atoms with van der Waals surface area (Å²) in [5.41, 5.74) is 2.43. The van der Waals surface area contributed by atoms with Gasteiger partial charge in [0.25, 0.3) is 0 Å². The van der Waals surface area contributed by atoms with Crippen molar-refractivity contribution in [2.24, 2.45) is 5.92 Å². The number of carbonyl (C=O) groups excluding carboxylic acids is 1. The van der Waals surface area contributed by atoms with Gasteiger partial charge in [0.1, 0.15) is 0 Å². The van der Waals surface area contributed by atoms with Gasteiger partial charge in [-0.25, -0.2) is 0 Å². The van der Waals surface area contributed by atoms with Crippen LogP contribution in [0.5, 0.6) is 0 Å². The van der Waals surface area contributed by atoms with Gasteiger partial charge >= 0.3 is 0 Å². The van der Waals surface area contributed by atoms with Crippen LogP contribution < -0.4 is 4.90 Å². The number of hydrogen-bond donors (Lipinski definition) is 0. The van der Waals surface area contributed by atoms with Crippen LogP contribution in [0.3, 0.4) is 0 Å². The molecular weight excluding hydrogens is 266 g/mol. The molecule has 21 heavy (non-hydrogen) atoms. The van der Waals surface area contributed by atoms with Crippen molar-refractivity contribution in [3.63, 3.8) is 0 Å². The molecule has 0 aliphatic carbocycles. The maximum absolute atomic E-state index is 12.3. The van der Waals surface area contributed by atoms with E-state index in [1.807, 2.05) is 17.3 Å². The number of ether oxygens (including phenoxy) is 1. The molecule has 0 bridgehead atoms. The summed E-state index contributed by atoms with van der Waals surface area (Å²) < 4.78 is 5.35. The molecule has 114 valence electrons. The van der Waals surface area contributed by atoms with Gasteiger partial charge in [-0.1, -0.05) is 0 Å². The predicted molar refractivity (Wildman–Crippen MR) is 81.3 cm³/mol. The molecule has 0 spiro atoms. The van der Waals surface area contributed by atoms with E-state index in [2.05, 4.69) is 22.9 Å². The van der Waals surface area contributed by atoms with Crippen molar-refractivity contribution in [2.45, 2.75) is 19.8 Å². The Labute approximate surface area is 125 Å². The summed E-state index contributed by atoms with van der Waals surface area (Å²) in [6, 6.07) is 2.06. The Bertz CT molecular complexity index is 492. The van der Waals surface area contributed by atoms with Gasteiger partial charge in [-0.05, 0) is 30.9 Å². The number of rotatable bonds is 3. The van der Waals surface area contributed by atoms with Crippen LogP contribution in [0.2, 0.25) is 0 Å². The summed E-state index contributed by atoms with van der Waals surface area (Å²) in [7, 11) is 0. The number of pyridine rings is 1. The molecule has 1 aromatic heterocycles. The van der Waals surface area contributed by atoms with E-state index in [4.69, 9.17) is 4.74 Å². The predicted octanol–water partition coefficient (Wildman–Crippen LogP) is 1.47. The summed E-state index contributed by atoms with van der Waals surface area (Å²) in [5.74, 6) is 0.717. The second-order valence-corrected chi connectivity index (χ2v) is 5.96. The first-order valence-electron chi connectivity index (χ1n) is 7.75. The highest BCUT2D eigenvalue weighted by Gasteiger charge is 2.25. The van der Waals surface area contributed by atoms with Gasteiger partial charge in [-0.15, -0.1) is 0 Å². The summed E-state index contributed by atoms with van der Waals surface area (Å²) in [5, 5.41) is 0. The van der Waals surface area contributed by atoms with Crippen LogP contribution in [0.15, 0.2) is 18.5 Å². The monoisotopic (exact) mass is 289 g/mol. The van der Waals surface area contributed by atoms with Crippen LogP contribution in [0.1, 0.15) is 18.4 Å². The lowest BCUT2D eigenvalue weighted by Crippen LogP contribution is -2.49. The van der Waals surface area contributed by atoms with Crippen LogP contribution in [0, 0.1) is 12.8 Å².